The van der Waals surface area contributed by atoms with Crippen LogP contribution in [0.1, 0.15) is 28.8 Å². The van der Waals surface area contributed by atoms with Crippen molar-refractivity contribution in [2.75, 3.05) is 18.4 Å². The van der Waals surface area contributed by atoms with E-state index in [0.29, 0.717) is 11.5 Å². The number of benzene rings is 2. The van der Waals surface area contributed by atoms with Gasteiger partial charge in [-0.3, -0.25) is 9.48 Å². The van der Waals surface area contributed by atoms with Crippen LogP contribution in [-0.2, 0) is 6.54 Å². The Morgan fingerprint density at radius 3 is 2.89 bits per heavy atom. The van der Waals surface area contributed by atoms with Crippen molar-refractivity contribution >= 4 is 11.6 Å². The summed E-state index contributed by atoms with van der Waals surface area (Å²) in [6.07, 6.45) is 4.40. The molecule has 3 aromatic rings. The number of carbonyl (C=O) groups excluding carboxylic acids is 1. The zero-order valence-corrected chi connectivity index (χ0v) is 16.1. The van der Waals surface area contributed by atoms with Crippen molar-refractivity contribution in [2.45, 2.75) is 26.3 Å². The first kappa shape index (κ1) is 18.4. The largest absolute Gasteiger partial charge is 0.322 e. The van der Waals surface area contributed by atoms with Gasteiger partial charge in [0.25, 0.3) is 5.91 Å². The fourth-order valence-electron chi connectivity index (χ4n) is 3.61. The van der Waals surface area contributed by atoms with Crippen molar-refractivity contribution in [1.29, 1.82) is 0 Å². The molecule has 4 rings (SSSR count). The highest BCUT2D eigenvalue weighted by Crippen LogP contribution is 2.22. The van der Waals surface area contributed by atoms with Gasteiger partial charge in [0.15, 0.2) is 0 Å². The summed E-state index contributed by atoms with van der Waals surface area (Å²) in [5.41, 5.74) is 4.05. The van der Waals surface area contributed by atoms with Crippen LogP contribution in [0.5, 0.6) is 0 Å². The van der Waals surface area contributed by atoms with E-state index in [-0.39, 0.29) is 5.91 Å². The van der Waals surface area contributed by atoms with Crippen LogP contribution in [0.15, 0.2) is 54.7 Å². The maximum Gasteiger partial charge on any atom is 0.255 e. The summed E-state index contributed by atoms with van der Waals surface area (Å²) in [5, 5.41) is 15.0. The molecule has 1 aliphatic rings. The lowest BCUT2D eigenvalue weighted by molar-refractivity contribution is 0.102. The molecule has 0 bridgehead atoms. The van der Waals surface area contributed by atoms with Gasteiger partial charge in [0.1, 0.15) is 5.69 Å². The van der Waals surface area contributed by atoms with Crippen molar-refractivity contribution in [3.05, 3.63) is 65.9 Å². The Labute approximate surface area is 165 Å². The minimum atomic E-state index is -0.119. The zero-order valence-electron chi connectivity index (χ0n) is 16.1. The third-order valence-electron chi connectivity index (χ3n) is 5.19. The van der Waals surface area contributed by atoms with E-state index in [9.17, 15) is 4.79 Å². The predicted molar refractivity (Wildman–Crippen MR) is 110 cm³/mol. The molecule has 2 aromatic carbocycles. The fourth-order valence-corrected chi connectivity index (χ4v) is 3.61. The SMILES string of the molecule is Cc1ccc(-c2cn(CC3CCCNC3)nn2)cc1C(=O)Nc1ccccc1. The van der Waals surface area contributed by atoms with Crippen LogP contribution in [0.3, 0.4) is 0 Å². The Bertz CT molecular complexity index is 945. The van der Waals surface area contributed by atoms with Crippen LogP contribution in [-0.4, -0.2) is 34.0 Å². The first-order valence-electron chi connectivity index (χ1n) is 9.77. The summed E-state index contributed by atoms with van der Waals surface area (Å²) in [7, 11) is 0. The Balaban J connectivity index is 1.51. The lowest BCUT2D eigenvalue weighted by Crippen LogP contribution is -2.32. The van der Waals surface area contributed by atoms with Crippen LogP contribution >= 0.6 is 0 Å². The Morgan fingerprint density at radius 1 is 1.25 bits per heavy atom. The number of hydrogen-bond donors (Lipinski definition) is 2. The molecule has 2 heterocycles. The molecular formula is C22H25N5O. The van der Waals surface area contributed by atoms with E-state index in [1.54, 1.807) is 0 Å². The Morgan fingerprint density at radius 2 is 2.11 bits per heavy atom. The average Bonchev–Trinajstić information content (AvgIpc) is 3.18. The number of piperidine rings is 1. The number of nitrogens with one attached hydrogen (secondary N) is 2. The number of carbonyl (C=O) groups is 1. The lowest BCUT2D eigenvalue weighted by atomic mass is 10.00. The van der Waals surface area contributed by atoms with Gasteiger partial charge in [0.2, 0.25) is 0 Å². The Hall–Kier alpha value is -2.99. The molecule has 28 heavy (non-hydrogen) atoms. The highest BCUT2D eigenvalue weighted by Gasteiger charge is 2.16. The number of aryl methyl sites for hydroxylation is 1. The van der Waals surface area contributed by atoms with E-state index in [1.165, 1.54) is 12.8 Å². The Kier molecular flexibility index (Phi) is 5.48. The van der Waals surface area contributed by atoms with Gasteiger partial charge < -0.3 is 10.6 Å². The van der Waals surface area contributed by atoms with Gasteiger partial charge in [-0.15, -0.1) is 5.10 Å². The van der Waals surface area contributed by atoms with Gasteiger partial charge in [0.05, 0.1) is 6.20 Å². The molecule has 0 spiro atoms. The van der Waals surface area contributed by atoms with Crippen molar-refractivity contribution in [3.8, 4) is 11.3 Å². The molecule has 1 aliphatic heterocycles. The molecule has 2 N–H and O–H groups in total. The van der Waals surface area contributed by atoms with Crippen LogP contribution < -0.4 is 10.6 Å². The minimum Gasteiger partial charge on any atom is -0.322 e. The molecule has 1 amide bonds. The number of hydrogen-bond acceptors (Lipinski definition) is 4. The summed E-state index contributed by atoms with van der Waals surface area (Å²) in [4.78, 5) is 12.7. The van der Waals surface area contributed by atoms with Crippen molar-refractivity contribution in [3.63, 3.8) is 0 Å². The van der Waals surface area contributed by atoms with E-state index in [4.69, 9.17) is 0 Å². The van der Waals surface area contributed by atoms with Crippen LogP contribution in [0.4, 0.5) is 5.69 Å². The fraction of sp³-hybridized carbons (Fsp3) is 0.318. The van der Waals surface area contributed by atoms with E-state index < -0.39 is 0 Å². The minimum absolute atomic E-state index is 0.119. The second-order valence-corrected chi connectivity index (χ2v) is 7.39. The van der Waals surface area contributed by atoms with Crippen LogP contribution in [0.25, 0.3) is 11.3 Å². The normalized spacial score (nSPS) is 16.7. The number of anilines is 1. The molecule has 1 unspecified atom stereocenters. The smallest absolute Gasteiger partial charge is 0.255 e. The molecule has 1 fully saturated rings. The molecule has 1 saturated heterocycles. The molecule has 0 radical (unpaired) electrons. The van der Waals surface area contributed by atoms with Gasteiger partial charge in [0, 0.05) is 23.4 Å². The summed E-state index contributed by atoms with van der Waals surface area (Å²) in [6.45, 7) is 4.95. The number of para-hydroxylation sites is 1. The average molecular weight is 375 g/mol. The standard InChI is InChI=1S/C22H25N5O/c1-16-9-10-18(12-20(16)22(28)24-19-7-3-2-4-8-19)21-15-27(26-25-21)14-17-6-5-11-23-13-17/h2-4,7-10,12,15,17,23H,5-6,11,13-14H2,1H3,(H,24,28). The third kappa shape index (κ3) is 4.28. The van der Waals surface area contributed by atoms with Gasteiger partial charge in [-0.1, -0.05) is 35.5 Å². The van der Waals surface area contributed by atoms with Crippen molar-refractivity contribution < 1.29 is 4.79 Å². The van der Waals surface area contributed by atoms with Crippen molar-refractivity contribution in [1.82, 2.24) is 20.3 Å². The molecular weight excluding hydrogens is 350 g/mol. The molecule has 0 saturated carbocycles. The topological polar surface area (TPSA) is 71.8 Å². The molecule has 144 valence electrons. The second-order valence-electron chi connectivity index (χ2n) is 7.39. The van der Waals surface area contributed by atoms with Gasteiger partial charge in [-0.2, -0.15) is 0 Å². The summed E-state index contributed by atoms with van der Waals surface area (Å²) in [5.74, 6) is 0.472. The monoisotopic (exact) mass is 375 g/mol. The summed E-state index contributed by atoms with van der Waals surface area (Å²) in [6, 6.07) is 15.3. The lowest BCUT2D eigenvalue weighted by Gasteiger charge is -2.22. The third-order valence-corrected chi connectivity index (χ3v) is 5.19. The van der Waals surface area contributed by atoms with E-state index >= 15 is 0 Å². The van der Waals surface area contributed by atoms with Crippen LogP contribution in [0, 0.1) is 12.8 Å². The maximum atomic E-state index is 12.7. The van der Waals surface area contributed by atoms with Crippen LogP contribution in [0.2, 0.25) is 0 Å². The quantitative estimate of drug-likeness (QED) is 0.716. The second kappa shape index (κ2) is 8.35. The number of amides is 1. The first-order chi connectivity index (χ1) is 13.7. The molecule has 0 aliphatic carbocycles. The molecule has 6 heteroatoms. The number of rotatable bonds is 5. The number of nitrogens with zero attached hydrogens (tertiary/aromatic N) is 3. The number of aromatic nitrogens is 3. The molecule has 1 aromatic heterocycles. The molecule has 6 nitrogen and oxygen atoms in total. The predicted octanol–water partition coefficient (Wildman–Crippen LogP) is 3.51. The highest BCUT2D eigenvalue weighted by atomic mass is 16.1. The summed E-state index contributed by atoms with van der Waals surface area (Å²) >= 11 is 0. The molecule has 1 atom stereocenters. The van der Waals surface area contributed by atoms with Crippen molar-refractivity contribution in [2.24, 2.45) is 5.92 Å². The van der Waals surface area contributed by atoms with E-state index in [2.05, 4.69) is 20.9 Å². The summed E-state index contributed by atoms with van der Waals surface area (Å²) < 4.78 is 1.91. The van der Waals surface area contributed by atoms with Gasteiger partial charge in [-0.25, -0.2) is 0 Å². The van der Waals surface area contributed by atoms with E-state index in [1.807, 2.05) is 66.3 Å². The van der Waals surface area contributed by atoms with E-state index in [0.717, 1.165) is 42.1 Å². The maximum absolute atomic E-state index is 12.7. The van der Waals surface area contributed by atoms with Gasteiger partial charge in [-0.05, 0) is 62.5 Å². The van der Waals surface area contributed by atoms with Gasteiger partial charge >= 0.3 is 0 Å². The highest BCUT2D eigenvalue weighted by molar-refractivity contribution is 6.05. The first-order valence-corrected chi connectivity index (χ1v) is 9.77. The zero-order chi connectivity index (χ0) is 19.3.